The maximum atomic E-state index is 13.5. The Balaban J connectivity index is 1.86. The molecule has 0 bridgehead atoms. The van der Waals surface area contributed by atoms with E-state index in [0.29, 0.717) is 29.5 Å². The number of nitrogens with one attached hydrogen (secondary N) is 1. The molecule has 3 rings (SSSR count). The summed E-state index contributed by atoms with van der Waals surface area (Å²) in [6.07, 6.45) is -0.208. The van der Waals surface area contributed by atoms with Crippen molar-refractivity contribution in [3.63, 3.8) is 0 Å². The highest BCUT2D eigenvalue weighted by molar-refractivity contribution is 9.10. The highest BCUT2D eigenvalue weighted by Gasteiger charge is 2.37. The first kappa shape index (κ1) is 26.3. The molecule has 1 aliphatic heterocycles. The molecule has 0 aromatic heterocycles. The second-order valence-electron chi connectivity index (χ2n) is 9.52. The number of ether oxygens (including phenoxy) is 2. The largest absolute Gasteiger partial charge is 0.490 e. The molecule has 0 radical (unpaired) electrons. The number of anilines is 1. The third kappa shape index (κ3) is 7.10. The minimum absolute atomic E-state index is 0.256. The van der Waals surface area contributed by atoms with E-state index >= 15 is 0 Å². The average Bonchev–Trinajstić information content (AvgIpc) is 2.73. The van der Waals surface area contributed by atoms with E-state index in [0.717, 1.165) is 22.1 Å². The maximum absolute atomic E-state index is 13.5. The lowest BCUT2D eigenvalue weighted by atomic mass is 9.93. The Hall–Kier alpha value is -2.29. The van der Waals surface area contributed by atoms with Crippen LogP contribution < -0.4 is 10.1 Å². The Morgan fingerprint density at radius 2 is 1.91 bits per heavy atom. The standard InChI is InChI=1S/C25H31BrClN3O4/c1-25(2,3)34-24(32)30-15-16-6-8-19(27)12-17(16)13-21(30)23(31)28-20-9-7-18(26)14-22(20)33-11-10-29(4)5/h6-9,12,14,21H,10-11,13,15H2,1-5H3,(H,28,31). The van der Waals surface area contributed by atoms with Gasteiger partial charge >= 0.3 is 6.09 Å². The molecule has 1 aliphatic rings. The molecule has 7 nitrogen and oxygen atoms in total. The molecule has 1 N–H and O–H groups in total. The van der Waals surface area contributed by atoms with Gasteiger partial charge in [-0.2, -0.15) is 0 Å². The van der Waals surface area contributed by atoms with Gasteiger partial charge in [-0.3, -0.25) is 9.69 Å². The molecule has 0 aliphatic carbocycles. The third-order valence-electron chi connectivity index (χ3n) is 5.23. The van der Waals surface area contributed by atoms with Crippen LogP contribution in [0.2, 0.25) is 5.02 Å². The zero-order valence-corrected chi connectivity index (χ0v) is 22.5. The van der Waals surface area contributed by atoms with Crippen LogP contribution in [0.25, 0.3) is 0 Å². The predicted molar refractivity (Wildman–Crippen MR) is 138 cm³/mol. The molecule has 2 aromatic rings. The SMILES string of the molecule is CN(C)CCOc1cc(Br)ccc1NC(=O)C1Cc2cc(Cl)ccc2CN1C(=O)OC(C)(C)C. The first-order valence-corrected chi connectivity index (χ1v) is 12.2. The van der Waals surface area contributed by atoms with E-state index in [9.17, 15) is 9.59 Å². The number of nitrogens with zero attached hydrogens (tertiary/aromatic N) is 2. The van der Waals surface area contributed by atoms with Gasteiger partial charge in [0.25, 0.3) is 0 Å². The summed E-state index contributed by atoms with van der Waals surface area (Å²) < 4.78 is 12.4. The van der Waals surface area contributed by atoms with Crippen LogP contribution in [-0.2, 0) is 22.5 Å². The molecule has 2 aromatic carbocycles. The van der Waals surface area contributed by atoms with E-state index in [1.165, 1.54) is 4.90 Å². The predicted octanol–water partition coefficient (Wildman–Crippen LogP) is 5.34. The molecular weight excluding hydrogens is 522 g/mol. The molecule has 2 amide bonds. The molecule has 0 saturated carbocycles. The van der Waals surface area contributed by atoms with Gasteiger partial charge in [-0.15, -0.1) is 0 Å². The van der Waals surface area contributed by atoms with Crippen molar-refractivity contribution in [1.82, 2.24) is 9.80 Å². The quantitative estimate of drug-likeness (QED) is 0.524. The Kier molecular flexibility index (Phi) is 8.49. The first-order valence-electron chi connectivity index (χ1n) is 11.1. The van der Waals surface area contributed by atoms with E-state index in [-0.39, 0.29) is 12.5 Å². The Morgan fingerprint density at radius 1 is 1.18 bits per heavy atom. The van der Waals surface area contributed by atoms with Crippen molar-refractivity contribution < 1.29 is 19.1 Å². The summed E-state index contributed by atoms with van der Waals surface area (Å²) in [6, 6.07) is 10.2. The summed E-state index contributed by atoms with van der Waals surface area (Å²) in [5.74, 6) is 0.226. The Labute approximate surface area is 214 Å². The number of carbonyl (C=O) groups is 2. The molecule has 184 valence electrons. The average molecular weight is 553 g/mol. The number of fused-ring (bicyclic) bond motifs is 1. The number of hydrogen-bond acceptors (Lipinski definition) is 5. The summed E-state index contributed by atoms with van der Waals surface area (Å²) in [5.41, 5.74) is 1.73. The first-order chi connectivity index (χ1) is 15.9. The number of halogens is 2. The van der Waals surface area contributed by atoms with Crippen molar-refractivity contribution in [3.05, 3.63) is 57.0 Å². The van der Waals surface area contributed by atoms with Crippen LogP contribution in [0.5, 0.6) is 5.75 Å². The summed E-state index contributed by atoms with van der Waals surface area (Å²) in [7, 11) is 3.93. The summed E-state index contributed by atoms with van der Waals surface area (Å²) in [5, 5.41) is 3.55. The fourth-order valence-electron chi connectivity index (χ4n) is 3.57. The number of benzene rings is 2. The smallest absolute Gasteiger partial charge is 0.411 e. The monoisotopic (exact) mass is 551 g/mol. The number of likely N-dealkylation sites (N-methyl/N-ethyl adjacent to an activating group) is 1. The summed E-state index contributed by atoms with van der Waals surface area (Å²) in [6.45, 7) is 6.86. The van der Waals surface area contributed by atoms with Crippen LogP contribution >= 0.6 is 27.5 Å². The molecular formula is C25H31BrClN3O4. The summed E-state index contributed by atoms with van der Waals surface area (Å²) in [4.78, 5) is 30.0. The minimum atomic E-state index is -0.765. The Morgan fingerprint density at radius 3 is 2.59 bits per heavy atom. The Bertz CT molecular complexity index is 1050. The lowest BCUT2D eigenvalue weighted by Crippen LogP contribution is -2.52. The van der Waals surface area contributed by atoms with E-state index in [1.807, 2.05) is 43.3 Å². The van der Waals surface area contributed by atoms with Gasteiger partial charge in [0.2, 0.25) is 5.91 Å². The summed E-state index contributed by atoms with van der Waals surface area (Å²) >= 11 is 9.65. The van der Waals surface area contributed by atoms with Crippen molar-refractivity contribution >= 4 is 45.2 Å². The topological polar surface area (TPSA) is 71.1 Å². The zero-order chi connectivity index (χ0) is 25.0. The normalized spacial score (nSPS) is 15.6. The molecule has 1 unspecified atom stereocenters. The van der Waals surface area contributed by atoms with Gasteiger partial charge in [0.15, 0.2) is 0 Å². The molecule has 0 fully saturated rings. The molecule has 1 atom stereocenters. The fraction of sp³-hybridized carbons (Fsp3) is 0.440. The van der Waals surface area contributed by atoms with Crippen molar-refractivity contribution in [3.8, 4) is 5.75 Å². The zero-order valence-electron chi connectivity index (χ0n) is 20.2. The van der Waals surface area contributed by atoms with Gasteiger partial charge < -0.3 is 19.7 Å². The molecule has 1 heterocycles. The highest BCUT2D eigenvalue weighted by Crippen LogP contribution is 2.31. The van der Waals surface area contributed by atoms with Gasteiger partial charge in [0.05, 0.1) is 12.2 Å². The van der Waals surface area contributed by atoms with Crippen LogP contribution in [0.15, 0.2) is 40.9 Å². The van der Waals surface area contributed by atoms with E-state index < -0.39 is 17.7 Å². The van der Waals surface area contributed by atoms with Crippen LogP contribution in [0.1, 0.15) is 31.9 Å². The molecule has 34 heavy (non-hydrogen) atoms. The highest BCUT2D eigenvalue weighted by atomic mass is 79.9. The third-order valence-corrected chi connectivity index (χ3v) is 5.96. The van der Waals surface area contributed by atoms with E-state index in [1.54, 1.807) is 32.9 Å². The lowest BCUT2D eigenvalue weighted by molar-refractivity contribution is -0.121. The van der Waals surface area contributed by atoms with Gasteiger partial charge in [0.1, 0.15) is 24.0 Å². The fourth-order valence-corrected chi connectivity index (χ4v) is 4.11. The van der Waals surface area contributed by atoms with Crippen molar-refractivity contribution in [2.75, 3.05) is 32.6 Å². The second kappa shape index (κ2) is 11.0. The van der Waals surface area contributed by atoms with Gasteiger partial charge in [-0.05, 0) is 76.3 Å². The number of amides is 2. The number of hydrogen-bond donors (Lipinski definition) is 1. The minimum Gasteiger partial charge on any atom is -0.490 e. The van der Waals surface area contributed by atoms with E-state index in [4.69, 9.17) is 21.1 Å². The lowest BCUT2D eigenvalue weighted by Gasteiger charge is -2.37. The molecule has 9 heteroatoms. The van der Waals surface area contributed by atoms with Crippen molar-refractivity contribution in [2.45, 2.75) is 45.4 Å². The van der Waals surface area contributed by atoms with Crippen LogP contribution in [0.3, 0.4) is 0 Å². The van der Waals surface area contributed by atoms with Crippen LogP contribution in [0, 0.1) is 0 Å². The second-order valence-corrected chi connectivity index (χ2v) is 10.9. The van der Waals surface area contributed by atoms with Crippen LogP contribution in [-0.4, -0.2) is 60.7 Å². The maximum Gasteiger partial charge on any atom is 0.411 e. The van der Waals surface area contributed by atoms with Gasteiger partial charge in [-0.1, -0.05) is 33.6 Å². The molecule has 0 saturated heterocycles. The van der Waals surface area contributed by atoms with Crippen molar-refractivity contribution in [1.29, 1.82) is 0 Å². The molecule has 0 spiro atoms. The van der Waals surface area contributed by atoms with Gasteiger partial charge in [0, 0.05) is 22.5 Å². The van der Waals surface area contributed by atoms with Crippen molar-refractivity contribution in [2.24, 2.45) is 0 Å². The van der Waals surface area contributed by atoms with E-state index in [2.05, 4.69) is 21.2 Å². The van der Waals surface area contributed by atoms with Gasteiger partial charge in [-0.25, -0.2) is 4.79 Å². The van der Waals surface area contributed by atoms with Crippen LogP contribution in [0.4, 0.5) is 10.5 Å². The number of rotatable bonds is 6. The number of carbonyl (C=O) groups excluding carboxylic acids is 2.